The monoisotopic (exact) mass is 290 g/mol. The van der Waals surface area contributed by atoms with Crippen LogP contribution in [0.15, 0.2) is 24.3 Å². The number of carbonyl (C=O) groups is 2. The Morgan fingerprint density at radius 3 is 2.75 bits per heavy atom. The number of benzene rings is 1. The lowest BCUT2D eigenvalue weighted by atomic mass is 9.88. The fourth-order valence-electron chi connectivity index (χ4n) is 2.64. The van der Waals surface area contributed by atoms with Gasteiger partial charge in [-0.25, -0.2) is 0 Å². The van der Waals surface area contributed by atoms with Gasteiger partial charge in [-0.2, -0.15) is 0 Å². The molecule has 20 heavy (non-hydrogen) atoms. The van der Waals surface area contributed by atoms with Crippen LogP contribution in [0.2, 0.25) is 5.02 Å². The largest absolute Gasteiger partial charge is 0.299 e. The Balaban J connectivity index is 2.54. The quantitative estimate of drug-likeness (QED) is 0.839. The summed E-state index contributed by atoms with van der Waals surface area (Å²) >= 11 is 6.32. The molecule has 0 heterocycles. The summed E-state index contributed by atoms with van der Waals surface area (Å²) in [5.74, 6) is -0.173. The Morgan fingerprint density at radius 1 is 1.35 bits per heavy atom. The third kappa shape index (κ3) is 3.01. The molecule has 1 aliphatic carbocycles. The van der Waals surface area contributed by atoms with E-state index in [1.165, 1.54) is 6.08 Å². The number of Topliss-reactive ketones (excluding diaryl/α,β-unsaturated/α-hetero) is 1. The van der Waals surface area contributed by atoms with Crippen LogP contribution in [0.4, 0.5) is 0 Å². The zero-order valence-corrected chi connectivity index (χ0v) is 12.7. The summed E-state index contributed by atoms with van der Waals surface area (Å²) in [6.45, 7) is 3.94. The molecule has 0 N–H and O–H groups in total. The number of fused-ring (bicyclic) bond motifs is 1. The molecular weight excluding hydrogens is 272 g/mol. The molecule has 1 aromatic rings. The van der Waals surface area contributed by atoms with Crippen molar-refractivity contribution in [2.75, 3.05) is 0 Å². The molecule has 0 radical (unpaired) electrons. The number of aryl methyl sites for hydroxylation is 1. The lowest BCUT2D eigenvalue weighted by Crippen LogP contribution is -2.11. The van der Waals surface area contributed by atoms with Gasteiger partial charge in [-0.05, 0) is 35.3 Å². The second-order valence-corrected chi connectivity index (χ2v) is 5.60. The lowest BCUT2D eigenvalue weighted by Gasteiger charge is -2.16. The molecule has 0 aromatic heterocycles. The fraction of sp³-hybridized carbons (Fsp3) is 0.412. The second-order valence-electron chi connectivity index (χ2n) is 5.19. The maximum atomic E-state index is 12.1. The van der Waals surface area contributed by atoms with E-state index in [-0.39, 0.29) is 17.5 Å². The molecule has 0 saturated carbocycles. The second kappa shape index (κ2) is 6.36. The molecule has 1 unspecified atom stereocenters. The summed E-state index contributed by atoms with van der Waals surface area (Å²) in [5, 5.41) is 0.697. The number of ketones is 2. The highest BCUT2D eigenvalue weighted by atomic mass is 35.5. The predicted octanol–water partition coefficient (Wildman–Crippen LogP) is 4.04. The van der Waals surface area contributed by atoms with Crippen molar-refractivity contribution in [2.45, 2.75) is 45.4 Å². The zero-order valence-electron chi connectivity index (χ0n) is 11.9. The molecule has 2 rings (SSSR count). The summed E-state index contributed by atoms with van der Waals surface area (Å²) in [5.41, 5.74) is 2.90. The topological polar surface area (TPSA) is 34.1 Å². The van der Waals surface area contributed by atoms with Gasteiger partial charge in [-0.1, -0.05) is 44.0 Å². The van der Waals surface area contributed by atoms with Gasteiger partial charge in [0.1, 0.15) is 5.78 Å². The average molecular weight is 291 g/mol. The van der Waals surface area contributed by atoms with Crippen LogP contribution < -0.4 is 0 Å². The maximum absolute atomic E-state index is 12.1. The van der Waals surface area contributed by atoms with Crippen LogP contribution in [0.5, 0.6) is 0 Å². The Kier molecular flexibility index (Phi) is 4.77. The molecule has 1 aliphatic rings. The van der Waals surface area contributed by atoms with E-state index >= 15 is 0 Å². The third-order valence-electron chi connectivity index (χ3n) is 3.70. The van der Waals surface area contributed by atoms with Crippen LogP contribution >= 0.6 is 11.6 Å². The smallest absolute Gasteiger partial charge is 0.159 e. The van der Waals surface area contributed by atoms with Gasteiger partial charge >= 0.3 is 0 Å². The molecule has 106 valence electrons. The molecule has 0 saturated heterocycles. The number of rotatable bonds is 4. The van der Waals surface area contributed by atoms with Crippen LogP contribution in [0.1, 0.15) is 49.3 Å². The van der Waals surface area contributed by atoms with Gasteiger partial charge < -0.3 is 0 Å². The normalized spacial score (nSPS) is 17.8. The van der Waals surface area contributed by atoms with Gasteiger partial charge in [0.25, 0.3) is 0 Å². The van der Waals surface area contributed by atoms with Crippen molar-refractivity contribution in [2.24, 2.45) is 0 Å². The van der Waals surface area contributed by atoms with E-state index < -0.39 is 0 Å². The molecule has 0 fully saturated rings. The number of carbonyl (C=O) groups excluding carboxylic acids is 2. The van der Waals surface area contributed by atoms with E-state index in [2.05, 4.69) is 6.92 Å². The predicted molar refractivity (Wildman–Crippen MR) is 81.3 cm³/mol. The first-order chi connectivity index (χ1) is 9.56. The highest BCUT2D eigenvalue weighted by molar-refractivity contribution is 6.31. The number of halogens is 1. The highest BCUT2D eigenvalue weighted by Gasteiger charge is 2.24. The van der Waals surface area contributed by atoms with Crippen molar-refractivity contribution in [3.63, 3.8) is 0 Å². The van der Waals surface area contributed by atoms with Gasteiger partial charge in [0.2, 0.25) is 0 Å². The summed E-state index contributed by atoms with van der Waals surface area (Å²) in [7, 11) is 0. The Hall–Kier alpha value is -1.41. The minimum absolute atomic E-state index is 0.0439. The fourth-order valence-corrected chi connectivity index (χ4v) is 2.91. The van der Waals surface area contributed by atoms with Crippen LogP contribution in [0, 0.1) is 0 Å². The van der Waals surface area contributed by atoms with Crippen LogP contribution in [0.3, 0.4) is 0 Å². The van der Waals surface area contributed by atoms with Gasteiger partial charge in [-0.15, -0.1) is 0 Å². The van der Waals surface area contributed by atoms with Crippen LogP contribution in [-0.4, -0.2) is 11.6 Å². The van der Waals surface area contributed by atoms with Gasteiger partial charge in [-0.3, -0.25) is 9.59 Å². The first-order valence-corrected chi connectivity index (χ1v) is 7.49. The van der Waals surface area contributed by atoms with Crippen molar-refractivity contribution in [3.8, 4) is 0 Å². The molecule has 0 amide bonds. The van der Waals surface area contributed by atoms with Crippen molar-refractivity contribution in [1.82, 2.24) is 0 Å². The molecular formula is C17H19ClO2. The minimum Gasteiger partial charge on any atom is -0.299 e. The summed E-state index contributed by atoms with van der Waals surface area (Å²) in [6, 6.07) is 3.88. The van der Waals surface area contributed by atoms with E-state index in [4.69, 9.17) is 11.6 Å². The Morgan fingerprint density at radius 2 is 2.10 bits per heavy atom. The number of hydrogen-bond donors (Lipinski definition) is 0. The Bertz CT molecular complexity index is 573. The van der Waals surface area contributed by atoms with Crippen molar-refractivity contribution in [1.29, 1.82) is 0 Å². The third-order valence-corrected chi connectivity index (χ3v) is 4.05. The van der Waals surface area contributed by atoms with E-state index in [1.807, 2.05) is 19.1 Å². The van der Waals surface area contributed by atoms with E-state index in [0.29, 0.717) is 17.9 Å². The molecule has 3 heteroatoms. The van der Waals surface area contributed by atoms with E-state index in [1.54, 1.807) is 6.08 Å². The Labute approximate surface area is 124 Å². The highest BCUT2D eigenvalue weighted by Crippen LogP contribution is 2.32. The van der Waals surface area contributed by atoms with Gasteiger partial charge in [0.05, 0.1) is 5.92 Å². The first kappa shape index (κ1) is 15.0. The first-order valence-electron chi connectivity index (χ1n) is 7.11. The average Bonchev–Trinajstić information content (AvgIpc) is 2.57. The molecule has 0 aliphatic heterocycles. The van der Waals surface area contributed by atoms with Gasteiger partial charge in [0.15, 0.2) is 5.78 Å². The van der Waals surface area contributed by atoms with Gasteiger partial charge in [0, 0.05) is 17.9 Å². The summed E-state index contributed by atoms with van der Waals surface area (Å²) in [4.78, 5) is 23.9. The van der Waals surface area contributed by atoms with Crippen molar-refractivity contribution in [3.05, 3.63) is 46.0 Å². The lowest BCUT2D eigenvalue weighted by molar-refractivity contribution is -0.119. The summed E-state index contributed by atoms with van der Waals surface area (Å²) < 4.78 is 0. The van der Waals surface area contributed by atoms with E-state index in [9.17, 15) is 9.59 Å². The molecule has 2 nitrogen and oxygen atoms in total. The van der Waals surface area contributed by atoms with Crippen LogP contribution in [0.25, 0.3) is 0 Å². The van der Waals surface area contributed by atoms with Crippen LogP contribution in [-0.2, 0) is 22.4 Å². The molecule has 0 spiro atoms. The molecule has 1 atom stereocenters. The number of hydrogen-bond acceptors (Lipinski definition) is 2. The minimum atomic E-state index is -0.338. The summed E-state index contributed by atoms with van der Waals surface area (Å²) in [6.07, 6.45) is 5.95. The van der Waals surface area contributed by atoms with Crippen molar-refractivity contribution < 1.29 is 9.59 Å². The van der Waals surface area contributed by atoms with E-state index in [0.717, 1.165) is 29.5 Å². The maximum Gasteiger partial charge on any atom is 0.159 e. The number of allylic oxidation sites excluding steroid dienone is 2. The van der Waals surface area contributed by atoms with Crippen molar-refractivity contribution >= 4 is 23.2 Å². The standard InChI is InChI=1S/C17H19ClO2/c1-3-5-11-8-12-9-13(19)6-7-14(17(20)4-2)15(12)10-16(11)18/h6-8,10,14H,3-5,9H2,1-2H3. The SMILES string of the molecule is CCCc1cc2c(cc1Cl)C(C(=O)CC)C=CC(=O)C2. The zero-order chi connectivity index (χ0) is 14.7. The molecule has 0 bridgehead atoms. The molecule has 1 aromatic carbocycles.